The van der Waals surface area contributed by atoms with Gasteiger partial charge in [-0.15, -0.1) is 6.58 Å². The Morgan fingerprint density at radius 1 is 1.60 bits per heavy atom. The van der Waals surface area contributed by atoms with Crippen LogP contribution in [0, 0.1) is 5.92 Å². The molecule has 1 heterocycles. The summed E-state index contributed by atoms with van der Waals surface area (Å²) in [6.07, 6.45) is 1.70. The van der Waals surface area contributed by atoms with Crippen molar-refractivity contribution in [1.82, 2.24) is 15.5 Å². The summed E-state index contributed by atoms with van der Waals surface area (Å²) in [6, 6.07) is 0. The van der Waals surface area contributed by atoms with Crippen LogP contribution in [0.25, 0.3) is 0 Å². The van der Waals surface area contributed by atoms with Crippen molar-refractivity contribution in [2.75, 3.05) is 39.3 Å². The fraction of sp³-hybridized carbons (Fsp3) is 0.727. The third-order valence-electron chi connectivity index (χ3n) is 2.61. The van der Waals surface area contributed by atoms with E-state index in [9.17, 15) is 4.79 Å². The average molecular weight is 211 g/mol. The molecular formula is C11H21N3O. The van der Waals surface area contributed by atoms with Crippen LogP contribution in [0.3, 0.4) is 0 Å². The molecule has 1 rings (SSSR count). The van der Waals surface area contributed by atoms with Crippen LogP contribution in [0.1, 0.15) is 6.92 Å². The van der Waals surface area contributed by atoms with E-state index in [4.69, 9.17) is 0 Å². The molecule has 4 nitrogen and oxygen atoms in total. The van der Waals surface area contributed by atoms with Gasteiger partial charge in [0.2, 0.25) is 5.91 Å². The summed E-state index contributed by atoms with van der Waals surface area (Å²) in [5, 5.41) is 6.12. The molecule has 0 aromatic rings. The normalized spacial score (nSPS) is 19.5. The van der Waals surface area contributed by atoms with Crippen LogP contribution < -0.4 is 10.6 Å². The molecule has 0 bridgehead atoms. The summed E-state index contributed by atoms with van der Waals surface area (Å²) in [7, 11) is 0. The summed E-state index contributed by atoms with van der Waals surface area (Å²) >= 11 is 0. The molecule has 1 aliphatic rings. The Morgan fingerprint density at radius 2 is 2.27 bits per heavy atom. The fourth-order valence-corrected chi connectivity index (χ4v) is 1.71. The predicted molar refractivity (Wildman–Crippen MR) is 61.7 cm³/mol. The van der Waals surface area contributed by atoms with Crippen LogP contribution in [0.15, 0.2) is 12.7 Å². The second-order valence-electron chi connectivity index (χ2n) is 3.99. The van der Waals surface area contributed by atoms with Crippen LogP contribution in [0.2, 0.25) is 0 Å². The number of rotatable bonds is 5. The van der Waals surface area contributed by atoms with Gasteiger partial charge in [0.25, 0.3) is 0 Å². The lowest BCUT2D eigenvalue weighted by atomic mass is 10.1. The first kappa shape index (κ1) is 12.2. The fourth-order valence-electron chi connectivity index (χ4n) is 1.71. The van der Waals surface area contributed by atoms with Crippen molar-refractivity contribution in [3.05, 3.63) is 12.7 Å². The molecule has 1 fully saturated rings. The first-order chi connectivity index (χ1) is 7.24. The smallest absolute Gasteiger partial charge is 0.224 e. The zero-order chi connectivity index (χ0) is 11.1. The SMILES string of the molecule is C=CCNC(=O)C(C)CN1CCNCC1. The van der Waals surface area contributed by atoms with E-state index < -0.39 is 0 Å². The maximum Gasteiger partial charge on any atom is 0.224 e. The number of amides is 1. The number of hydrogen-bond donors (Lipinski definition) is 2. The molecule has 15 heavy (non-hydrogen) atoms. The number of piperazine rings is 1. The molecule has 0 saturated carbocycles. The second-order valence-corrected chi connectivity index (χ2v) is 3.99. The molecular weight excluding hydrogens is 190 g/mol. The third kappa shape index (κ3) is 4.44. The van der Waals surface area contributed by atoms with Gasteiger partial charge in [0.05, 0.1) is 0 Å². The highest BCUT2D eigenvalue weighted by Crippen LogP contribution is 2.01. The van der Waals surface area contributed by atoms with Gasteiger partial charge in [-0.25, -0.2) is 0 Å². The van der Waals surface area contributed by atoms with Gasteiger partial charge in [-0.05, 0) is 0 Å². The Balaban J connectivity index is 2.23. The van der Waals surface area contributed by atoms with Gasteiger partial charge in [-0.2, -0.15) is 0 Å². The van der Waals surface area contributed by atoms with Crippen molar-refractivity contribution in [2.24, 2.45) is 5.92 Å². The third-order valence-corrected chi connectivity index (χ3v) is 2.61. The number of nitrogens with one attached hydrogen (secondary N) is 2. The number of nitrogens with zero attached hydrogens (tertiary/aromatic N) is 1. The van der Waals surface area contributed by atoms with Gasteiger partial charge in [-0.3, -0.25) is 4.79 Å². The standard InChI is InChI=1S/C11H21N3O/c1-3-4-13-11(15)10(2)9-14-7-5-12-6-8-14/h3,10,12H,1,4-9H2,2H3,(H,13,15). The van der Waals surface area contributed by atoms with Crippen LogP contribution >= 0.6 is 0 Å². The molecule has 1 aliphatic heterocycles. The Labute approximate surface area is 91.7 Å². The van der Waals surface area contributed by atoms with E-state index in [-0.39, 0.29) is 11.8 Å². The second kappa shape index (κ2) is 6.58. The van der Waals surface area contributed by atoms with Crippen molar-refractivity contribution < 1.29 is 4.79 Å². The molecule has 1 unspecified atom stereocenters. The van der Waals surface area contributed by atoms with Gasteiger partial charge < -0.3 is 15.5 Å². The van der Waals surface area contributed by atoms with Crippen molar-refractivity contribution >= 4 is 5.91 Å². The van der Waals surface area contributed by atoms with Crippen molar-refractivity contribution in [1.29, 1.82) is 0 Å². The van der Waals surface area contributed by atoms with Crippen LogP contribution in [-0.4, -0.2) is 50.1 Å². The molecule has 0 aliphatic carbocycles. The van der Waals surface area contributed by atoms with Gasteiger partial charge in [-0.1, -0.05) is 13.0 Å². The van der Waals surface area contributed by atoms with E-state index in [2.05, 4.69) is 22.1 Å². The minimum absolute atomic E-state index is 0.0584. The van der Waals surface area contributed by atoms with Gasteiger partial charge in [0.15, 0.2) is 0 Å². The zero-order valence-electron chi connectivity index (χ0n) is 9.46. The number of hydrogen-bond acceptors (Lipinski definition) is 3. The van der Waals surface area contributed by atoms with Gasteiger partial charge in [0, 0.05) is 45.2 Å². The Bertz CT molecular complexity index is 212. The van der Waals surface area contributed by atoms with E-state index in [1.165, 1.54) is 0 Å². The Kier molecular flexibility index (Phi) is 5.36. The van der Waals surface area contributed by atoms with Crippen molar-refractivity contribution in [2.45, 2.75) is 6.92 Å². The molecule has 0 radical (unpaired) electrons. The molecule has 0 aromatic heterocycles. The monoisotopic (exact) mass is 211 g/mol. The van der Waals surface area contributed by atoms with Crippen LogP contribution in [0.4, 0.5) is 0 Å². The average Bonchev–Trinajstić information content (AvgIpc) is 2.27. The number of carbonyl (C=O) groups excluding carboxylic acids is 1. The topological polar surface area (TPSA) is 44.4 Å². The lowest BCUT2D eigenvalue weighted by Gasteiger charge is -2.29. The lowest BCUT2D eigenvalue weighted by Crippen LogP contribution is -2.47. The predicted octanol–water partition coefficient (Wildman–Crippen LogP) is -0.170. The summed E-state index contributed by atoms with van der Waals surface area (Å²) < 4.78 is 0. The summed E-state index contributed by atoms with van der Waals surface area (Å²) in [5.74, 6) is 0.177. The van der Waals surface area contributed by atoms with Gasteiger partial charge in [0.1, 0.15) is 0 Å². The Hall–Kier alpha value is -0.870. The highest BCUT2D eigenvalue weighted by molar-refractivity contribution is 5.78. The highest BCUT2D eigenvalue weighted by Gasteiger charge is 2.17. The maximum absolute atomic E-state index is 11.6. The molecule has 1 atom stereocenters. The number of carbonyl (C=O) groups is 1. The molecule has 2 N–H and O–H groups in total. The molecule has 4 heteroatoms. The summed E-state index contributed by atoms with van der Waals surface area (Å²) in [4.78, 5) is 13.9. The minimum Gasteiger partial charge on any atom is -0.352 e. The van der Waals surface area contributed by atoms with E-state index in [1.807, 2.05) is 6.92 Å². The van der Waals surface area contributed by atoms with Crippen LogP contribution in [0.5, 0.6) is 0 Å². The summed E-state index contributed by atoms with van der Waals surface area (Å²) in [6.45, 7) is 11.1. The first-order valence-corrected chi connectivity index (χ1v) is 5.55. The molecule has 86 valence electrons. The zero-order valence-corrected chi connectivity index (χ0v) is 9.46. The molecule has 1 amide bonds. The van der Waals surface area contributed by atoms with Crippen LogP contribution in [-0.2, 0) is 4.79 Å². The van der Waals surface area contributed by atoms with Crippen molar-refractivity contribution in [3.63, 3.8) is 0 Å². The quantitative estimate of drug-likeness (QED) is 0.621. The summed E-state index contributed by atoms with van der Waals surface area (Å²) in [5.41, 5.74) is 0. The van der Waals surface area contributed by atoms with E-state index in [0.717, 1.165) is 32.7 Å². The largest absolute Gasteiger partial charge is 0.352 e. The lowest BCUT2D eigenvalue weighted by molar-refractivity contribution is -0.124. The highest BCUT2D eigenvalue weighted by atomic mass is 16.1. The maximum atomic E-state index is 11.6. The van der Waals surface area contributed by atoms with E-state index >= 15 is 0 Å². The molecule has 1 saturated heterocycles. The van der Waals surface area contributed by atoms with E-state index in [1.54, 1.807) is 6.08 Å². The first-order valence-electron chi connectivity index (χ1n) is 5.55. The molecule has 0 aromatic carbocycles. The Morgan fingerprint density at radius 3 is 2.87 bits per heavy atom. The van der Waals surface area contributed by atoms with E-state index in [0.29, 0.717) is 6.54 Å². The van der Waals surface area contributed by atoms with Crippen molar-refractivity contribution in [3.8, 4) is 0 Å². The van der Waals surface area contributed by atoms with Gasteiger partial charge >= 0.3 is 0 Å². The molecule has 0 spiro atoms. The minimum atomic E-state index is 0.0584.